The van der Waals surface area contributed by atoms with Gasteiger partial charge in [0.25, 0.3) is 5.91 Å². The van der Waals surface area contributed by atoms with Crippen LogP contribution in [0.4, 0.5) is 10.1 Å². The molecule has 6 heteroatoms. The van der Waals surface area contributed by atoms with Crippen molar-refractivity contribution < 1.29 is 23.5 Å². The van der Waals surface area contributed by atoms with E-state index in [1.165, 1.54) is 31.3 Å². The maximum Gasteiger partial charge on any atom is 0.338 e. The first-order valence-corrected chi connectivity index (χ1v) is 7.92. The molecule has 0 saturated carbocycles. The van der Waals surface area contributed by atoms with Gasteiger partial charge < -0.3 is 14.4 Å². The number of fused-ring (bicyclic) bond motifs is 1. The molecule has 0 spiro atoms. The number of esters is 1. The van der Waals surface area contributed by atoms with Crippen LogP contribution in [0.5, 0.6) is 5.75 Å². The van der Waals surface area contributed by atoms with E-state index in [4.69, 9.17) is 9.47 Å². The monoisotopic (exact) mass is 343 g/mol. The summed E-state index contributed by atoms with van der Waals surface area (Å²) in [6.07, 6.45) is 1.35. The molecular weight excluding hydrogens is 325 g/mol. The van der Waals surface area contributed by atoms with Crippen LogP contribution in [0.25, 0.3) is 0 Å². The Kier molecular flexibility index (Phi) is 4.70. The normalized spacial score (nSPS) is 13.2. The van der Waals surface area contributed by atoms with Crippen LogP contribution < -0.4 is 9.64 Å². The topological polar surface area (TPSA) is 55.8 Å². The van der Waals surface area contributed by atoms with Gasteiger partial charge in [0.15, 0.2) is 0 Å². The van der Waals surface area contributed by atoms with Gasteiger partial charge in [0.1, 0.15) is 11.6 Å². The number of methoxy groups -OCH3 is 2. The molecule has 0 unspecified atom stereocenters. The fraction of sp³-hybridized carbons (Fsp3) is 0.263. The number of carbonyl (C=O) groups is 2. The third kappa shape index (κ3) is 3.07. The predicted molar refractivity (Wildman–Crippen MR) is 90.7 cm³/mol. The van der Waals surface area contributed by atoms with Crippen LogP contribution in [0.15, 0.2) is 36.4 Å². The lowest BCUT2D eigenvalue weighted by molar-refractivity contribution is 0.0599. The van der Waals surface area contributed by atoms with Crippen LogP contribution in [0.3, 0.4) is 0 Å². The highest BCUT2D eigenvalue weighted by Gasteiger charge is 2.28. The molecule has 1 aliphatic heterocycles. The van der Waals surface area contributed by atoms with Gasteiger partial charge in [-0.2, -0.15) is 0 Å². The zero-order valence-electron chi connectivity index (χ0n) is 14.0. The van der Waals surface area contributed by atoms with E-state index in [1.807, 2.05) is 0 Å². The summed E-state index contributed by atoms with van der Waals surface area (Å²) in [5.41, 5.74) is 1.78. The predicted octanol–water partition coefficient (Wildman–Crippen LogP) is 3.21. The zero-order valence-corrected chi connectivity index (χ0v) is 14.0. The first-order chi connectivity index (χ1) is 12.1. The lowest BCUT2D eigenvalue weighted by atomic mass is 9.95. The van der Waals surface area contributed by atoms with Crippen molar-refractivity contribution in [3.63, 3.8) is 0 Å². The Hall–Kier alpha value is -2.89. The van der Waals surface area contributed by atoms with Gasteiger partial charge in [0.05, 0.1) is 25.3 Å². The molecule has 0 bridgehead atoms. The van der Waals surface area contributed by atoms with Gasteiger partial charge in [0.2, 0.25) is 0 Å². The van der Waals surface area contributed by atoms with E-state index in [-0.39, 0.29) is 5.56 Å². The van der Waals surface area contributed by atoms with Gasteiger partial charge in [-0.15, -0.1) is 0 Å². The van der Waals surface area contributed by atoms with Gasteiger partial charge in [-0.25, -0.2) is 9.18 Å². The smallest absolute Gasteiger partial charge is 0.338 e. The summed E-state index contributed by atoms with van der Waals surface area (Å²) >= 11 is 0. The van der Waals surface area contributed by atoms with Crippen LogP contribution in [0.2, 0.25) is 0 Å². The number of ether oxygens (including phenoxy) is 2. The Balaban J connectivity index is 2.01. The highest BCUT2D eigenvalue weighted by atomic mass is 19.1. The van der Waals surface area contributed by atoms with E-state index in [0.717, 1.165) is 5.56 Å². The molecule has 5 nitrogen and oxygen atoms in total. The third-order valence-electron chi connectivity index (χ3n) is 4.31. The van der Waals surface area contributed by atoms with Gasteiger partial charge in [-0.1, -0.05) is 6.07 Å². The second-order valence-electron chi connectivity index (χ2n) is 5.70. The highest BCUT2D eigenvalue weighted by Crippen LogP contribution is 2.32. The van der Waals surface area contributed by atoms with Crippen molar-refractivity contribution in [2.75, 3.05) is 25.7 Å². The number of carbonyl (C=O) groups excluding carboxylic acids is 2. The molecule has 0 saturated heterocycles. The lowest BCUT2D eigenvalue weighted by Gasteiger charge is -2.30. The number of amides is 1. The van der Waals surface area contributed by atoms with Crippen molar-refractivity contribution in [1.29, 1.82) is 0 Å². The van der Waals surface area contributed by atoms with E-state index in [2.05, 4.69) is 0 Å². The Morgan fingerprint density at radius 3 is 2.60 bits per heavy atom. The summed E-state index contributed by atoms with van der Waals surface area (Å²) in [4.78, 5) is 26.3. The molecule has 0 N–H and O–H groups in total. The first kappa shape index (κ1) is 17.0. The average molecular weight is 343 g/mol. The molecule has 0 atom stereocenters. The van der Waals surface area contributed by atoms with Crippen LogP contribution in [-0.4, -0.2) is 32.6 Å². The molecule has 1 heterocycles. The van der Waals surface area contributed by atoms with E-state index < -0.39 is 17.7 Å². The average Bonchev–Trinajstić information content (AvgIpc) is 2.65. The number of hydrogen-bond donors (Lipinski definition) is 0. The minimum absolute atomic E-state index is 0.0304. The largest absolute Gasteiger partial charge is 0.497 e. The van der Waals surface area contributed by atoms with Crippen LogP contribution >= 0.6 is 0 Å². The molecule has 3 rings (SSSR count). The molecule has 0 aromatic heterocycles. The quantitative estimate of drug-likeness (QED) is 0.803. The molecule has 2 aromatic rings. The Morgan fingerprint density at radius 2 is 1.92 bits per heavy atom. The van der Waals surface area contributed by atoms with E-state index in [9.17, 15) is 14.0 Å². The summed E-state index contributed by atoms with van der Waals surface area (Å²) in [7, 11) is 2.76. The number of benzene rings is 2. The molecule has 0 radical (unpaired) electrons. The van der Waals surface area contributed by atoms with Crippen molar-refractivity contribution in [2.24, 2.45) is 0 Å². The van der Waals surface area contributed by atoms with E-state index in [0.29, 0.717) is 36.4 Å². The number of nitrogens with zero attached hydrogens (tertiary/aromatic N) is 1. The summed E-state index contributed by atoms with van der Waals surface area (Å²) < 4.78 is 24.1. The van der Waals surface area contributed by atoms with Gasteiger partial charge in [-0.05, 0) is 42.7 Å². The Morgan fingerprint density at radius 1 is 1.12 bits per heavy atom. The summed E-state index contributed by atoms with van der Waals surface area (Å²) in [6.45, 7) is 0.460. The van der Waals surface area contributed by atoms with Crippen LogP contribution in [0.1, 0.15) is 32.7 Å². The molecule has 0 aliphatic carbocycles. The maximum atomic E-state index is 14.3. The summed E-state index contributed by atoms with van der Waals surface area (Å²) in [6, 6.07) is 9.28. The second-order valence-corrected chi connectivity index (χ2v) is 5.70. The van der Waals surface area contributed by atoms with Crippen LogP contribution in [-0.2, 0) is 11.2 Å². The number of hydrogen-bond acceptors (Lipinski definition) is 4. The Labute approximate surface area is 145 Å². The van der Waals surface area contributed by atoms with E-state index >= 15 is 0 Å². The number of rotatable bonds is 3. The first-order valence-electron chi connectivity index (χ1n) is 7.92. The molecule has 1 aliphatic rings. The SMILES string of the molecule is COC(=O)c1cccc2c1CCCN2C(=O)c1ccc(OC)cc1F. The minimum Gasteiger partial charge on any atom is -0.497 e. The fourth-order valence-corrected chi connectivity index (χ4v) is 3.08. The molecule has 25 heavy (non-hydrogen) atoms. The van der Waals surface area contributed by atoms with Gasteiger partial charge >= 0.3 is 5.97 Å². The molecular formula is C19H18FNO4. The third-order valence-corrected chi connectivity index (χ3v) is 4.31. The Bertz CT molecular complexity index is 834. The summed E-state index contributed by atoms with van der Waals surface area (Å²) in [5, 5.41) is 0. The van der Waals surface area contributed by atoms with Crippen molar-refractivity contribution in [2.45, 2.75) is 12.8 Å². The van der Waals surface area contributed by atoms with Gasteiger partial charge in [-0.3, -0.25) is 4.79 Å². The minimum atomic E-state index is -0.638. The second kappa shape index (κ2) is 6.93. The summed E-state index contributed by atoms with van der Waals surface area (Å²) in [5.74, 6) is -1.17. The zero-order chi connectivity index (χ0) is 18.0. The number of halogens is 1. The maximum absolute atomic E-state index is 14.3. The van der Waals surface area contributed by atoms with Crippen molar-refractivity contribution in [3.8, 4) is 5.75 Å². The lowest BCUT2D eigenvalue weighted by Crippen LogP contribution is -2.36. The van der Waals surface area contributed by atoms with E-state index in [1.54, 1.807) is 24.3 Å². The van der Waals surface area contributed by atoms with Crippen molar-refractivity contribution in [3.05, 3.63) is 58.9 Å². The molecule has 2 aromatic carbocycles. The highest BCUT2D eigenvalue weighted by molar-refractivity contribution is 6.08. The van der Waals surface area contributed by atoms with Crippen LogP contribution in [0, 0.1) is 5.82 Å². The molecule has 0 fully saturated rings. The molecule has 1 amide bonds. The standard InChI is InChI=1S/C19H18FNO4/c1-24-12-8-9-15(16(20)11-12)18(22)21-10-4-6-13-14(19(23)25-2)5-3-7-17(13)21/h3,5,7-9,11H,4,6,10H2,1-2H3. The number of anilines is 1. The van der Waals surface area contributed by atoms with Crippen molar-refractivity contribution >= 4 is 17.6 Å². The van der Waals surface area contributed by atoms with Gasteiger partial charge in [0, 0.05) is 18.3 Å². The fourth-order valence-electron chi connectivity index (χ4n) is 3.08. The van der Waals surface area contributed by atoms with Crippen molar-refractivity contribution in [1.82, 2.24) is 0 Å². The molecule has 130 valence electrons.